The summed E-state index contributed by atoms with van der Waals surface area (Å²) in [4.78, 5) is 16.1. The minimum atomic E-state index is -0.144. The van der Waals surface area contributed by atoms with E-state index in [9.17, 15) is 4.79 Å². The van der Waals surface area contributed by atoms with Crippen molar-refractivity contribution in [1.82, 2.24) is 10.1 Å². The van der Waals surface area contributed by atoms with Crippen LogP contribution >= 0.6 is 11.8 Å². The fraction of sp³-hybridized carbons (Fsp3) is 0.750. The molecule has 94 valence electrons. The van der Waals surface area contributed by atoms with E-state index in [-0.39, 0.29) is 11.7 Å². The van der Waals surface area contributed by atoms with Gasteiger partial charge in [-0.15, -0.1) is 0 Å². The van der Waals surface area contributed by atoms with E-state index in [0.717, 1.165) is 25.0 Å². The highest BCUT2D eigenvalue weighted by Crippen LogP contribution is 2.29. The molecule has 0 saturated heterocycles. The van der Waals surface area contributed by atoms with Crippen molar-refractivity contribution < 1.29 is 9.32 Å². The number of Topliss-reactive ketones (excluding diaryl/α,β-unsaturated/α-hetero) is 1. The molecule has 1 aromatic rings. The number of ketones is 1. The number of aromatic nitrogens is 2. The number of rotatable bonds is 4. The quantitative estimate of drug-likeness (QED) is 0.826. The zero-order valence-corrected chi connectivity index (χ0v) is 11.1. The average Bonchev–Trinajstić information content (AvgIpc) is 2.75. The standard InChI is InChI=1S/C12H18N2O2S/c1-8(2)17-7-11-13-12(16-14-11)9-5-3-4-6-10(9)15/h8-9H,3-7H2,1-2H3. The molecule has 0 bridgehead atoms. The summed E-state index contributed by atoms with van der Waals surface area (Å²) in [6.45, 7) is 4.27. The van der Waals surface area contributed by atoms with E-state index in [1.807, 2.05) is 0 Å². The maximum Gasteiger partial charge on any atom is 0.237 e. The normalized spacial score (nSPS) is 21.1. The van der Waals surface area contributed by atoms with Gasteiger partial charge in [0.1, 0.15) is 5.78 Å². The van der Waals surface area contributed by atoms with Gasteiger partial charge >= 0.3 is 0 Å². The lowest BCUT2D eigenvalue weighted by molar-refractivity contribution is -0.122. The lowest BCUT2D eigenvalue weighted by atomic mass is 9.88. The fourth-order valence-electron chi connectivity index (χ4n) is 1.95. The number of hydrogen-bond acceptors (Lipinski definition) is 5. The van der Waals surface area contributed by atoms with Crippen LogP contribution in [0.25, 0.3) is 0 Å². The molecule has 0 radical (unpaired) electrons. The van der Waals surface area contributed by atoms with E-state index in [0.29, 0.717) is 23.4 Å². The van der Waals surface area contributed by atoms with Crippen molar-refractivity contribution in [3.63, 3.8) is 0 Å². The highest BCUT2D eigenvalue weighted by Gasteiger charge is 2.28. The largest absolute Gasteiger partial charge is 0.339 e. The summed E-state index contributed by atoms with van der Waals surface area (Å²) in [6, 6.07) is 0. The van der Waals surface area contributed by atoms with Gasteiger partial charge in [0.2, 0.25) is 5.89 Å². The van der Waals surface area contributed by atoms with Crippen molar-refractivity contribution in [1.29, 1.82) is 0 Å². The molecule has 1 aliphatic carbocycles. The monoisotopic (exact) mass is 254 g/mol. The van der Waals surface area contributed by atoms with E-state index >= 15 is 0 Å². The summed E-state index contributed by atoms with van der Waals surface area (Å²) >= 11 is 1.78. The van der Waals surface area contributed by atoms with Gasteiger partial charge in [-0.2, -0.15) is 16.7 Å². The molecule has 1 saturated carbocycles. The van der Waals surface area contributed by atoms with Crippen molar-refractivity contribution >= 4 is 17.5 Å². The summed E-state index contributed by atoms with van der Waals surface area (Å²) in [7, 11) is 0. The summed E-state index contributed by atoms with van der Waals surface area (Å²) in [5.74, 6) is 2.09. The van der Waals surface area contributed by atoms with Crippen LogP contribution in [-0.2, 0) is 10.5 Å². The Morgan fingerprint density at radius 1 is 1.47 bits per heavy atom. The van der Waals surface area contributed by atoms with Crippen molar-refractivity contribution in [2.45, 2.75) is 56.5 Å². The van der Waals surface area contributed by atoms with E-state index in [1.54, 1.807) is 11.8 Å². The molecular weight excluding hydrogens is 236 g/mol. The van der Waals surface area contributed by atoms with Crippen LogP contribution < -0.4 is 0 Å². The van der Waals surface area contributed by atoms with E-state index in [1.165, 1.54) is 0 Å². The maximum atomic E-state index is 11.7. The van der Waals surface area contributed by atoms with Crippen LogP contribution in [0, 0.1) is 0 Å². The topological polar surface area (TPSA) is 56.0 Å². The van der Waals surface area contributed by atoms with Gasteiger partial charge < -0.3 is 4.52 Å². The molecule has 1 heterocycles. The smallest absolute Gasteiger partial charge is 0.237 e. The molecule has 1 atom stereocenters. The third-order valence-corrected chi connectivity index (χ3v) is 3.97. The van der Waals surface area contributed by atoms with Gasteiger partial charge in [-0.3, -0.25) is 4.79 Å². The number of hydrogen-bond donors (Lipinski definition) is 0. The molecule has 5 heteroatoms. The zero-order chi connectivity index (χ0) is 12.3. The Kier molecular flexibility index (Phi) is 4.20. The van der Waals surface area contributed by atoms with Crippen molar-refractivity contribution in [2.75, 3.05) is 0 Å². The number of thioether (sulfide) groups is 1. The Bertz CT molecular complexity index is 390. The Morgan fingerprint density at radius 3 is 3.00 bits per heavy atom. The van der Waals surface area contributed by atoms with Gasteiger partial charge in [0.15, 0.2) is 5.82 Å². The van der Waals surface area contributed by atoms with Gasteiger partial charge in [-0.1, -0.05) is 25.4 Å². The fourth-order valence-corrected chi connectivity index (χ4v) is 2.55. The van der Waals surface area contributed by atoms with Gasteiger partial charge in [-0.25, -0.2) is 0 Å². The Hall–Kier alpha value is -0.840. The molecule has 0 amide bonds. The van der Waals surface area contributed by atoms with Crippen LogP contribution in [0.1, 0.15) is 57.2 Å². The van der Waals surface area contributed by atoms with Crippen LogP contribution in [0.2, 0.25) is 0 Å². The highest BCUT2D eigenvalue weighted by atomic mass is 32.2. The van der Waals surface area contributed by atoms with E-state index in [2.05, 4.69) is 24.0 Å². The Labute approximate surface area is 106 Å². The second-order valence-corrected chi connectivity index (χ2v) is 6.24. The number of carbonyl (C=O) groups excluding carboxylic acids is 1. The first-order valence-electron chi connectivity index (χ1n) is 6.13. The summed E-state index contributed by atoms with van der Waals surface area (Å²) in [6.07, 6.45) is 3.59. The summed E-state index contributed by atoms with van der Waals surface area (Å²) in [5.41, 5.74) is 0. The Morgan fingerprint density at radius 2 is 2.29 bits per heavy atom. The van der Waals surface area contributed by atoms with E-state index in [4.69, 9.17) is 4.52 Å². The summed E-state index contributed by atoms with van der Waals surface area (Å²) in [5, 5.41) is 4.49. The molecule has 0 spiro atoms. The molecule has 1 aliphatic rings. The molecule has 0 N–H and O–H groups in total. The van der Waals surface area contributed by atoms with Gasteiger partial charge in [0, 0.05) is 6.42 Å². The molecule has 1 unspecified atom stereocenters. The third kappa shape index (κ3) is 3.31. The SMILES string of the molecule is CC(C)SCc1noc(C2CCCCC2=O)n1. The maximum absolute atomic E-state index is 11.7. The zero-order valence-electron chi connectivity index (χ0n) is 10.3. The molecule has 0 aliphatic heterocycles. The molecule has 0 aromatic carbocycles. The lowest BCUT2D eigenvalue weighted by Gasteiger charge is -2.16. The van der Waals surface area contributed by atoms with Crippen LogP contribution in [-0.4, -0.2) is 21.2 Å². The van der Waals surface area contributed by atoms with Gasteiger partial charge in [0.25, 0.3) is 0 Å². The van der Waals surface area contributed by atoms with Gasteiger partial charge in [0.05, 0.1) is 11.7 Å². The molecule has 4 nitrogen and oxygen atoms in total. The predicted molar refractivity (Wildman–Crippen MR) is 66.9 cm³/mol. The third-order valence-electron chi connectivity index (χ3n) is 2.88. The van der Waals surface area contributed by atoms with Crippen molar-refractivity contribution in [2.24, 2.45) is 0 Å². The molecule has 1 aromatic heterocycles. The van der Waals surface area contributed by atoms with E-state index < -0.39 is 0 Å². The minimum absolute atomic E-state index is 0.144. The Balaban J connectivity index is 1.99. The molecule has 1 fully saturated rings. The molecule has 17 heavy (non-hydrogen) atoms. The van der Waals surface area contributed by atoms with Crippen LogP contribution in [0.4, 0.5) is 0 Å². The van der Waals surface area contributed by atoms with Gasteiger partial charge in [-0.05, 0) is 18.1 Å². The number of carbonyl (C=O) groups is 1. The van der Waals surface area contributed by atoms with Crippen LogP contribution in [0.3, 0.4) is 0 Å². The first-order chi connectivity index (χ1) is 8.16. The first-order valence-corrected chi connectivity index (χ1v) is 7.18. The van der Waals surface area contributed by atoms with Crippen LogP contribution in [0.15, 0.2) is 4.52 Å². The lowest BCUT2D eigenvalue weighted by Crippen LogP contribution is -2.17. The average molecular weight is 254 g/mol. The minimum Gasteiger partial charge on any atom is -0.339 e. The predicted octanol–water partition coefficient (Wildman–Crippen LogP) is 2.94. The highest BCUT2D eigenvalue weighted by molar-refractivity contribution is 7.99. The number of nitrogens with zero attached hydrogens (tertiary/aromatic N) is 2. The van der Waals surface area contributed by atoms with Crippen LogP contribution in [0.5, 0.6) is 0 Å². The van der Waals surface area contributed by atoms with Crippen molar-refractivity contribution in [3.05, 3.63) is 11.7 Å². The van der Waals surface area contributed by atoms with Crippen molar-refractivity contribution in [3.8, 4) is 0 Å². The molecule has 2 rings (SSSR count). The second-order valence-electron chi connectivity index (χ2n) is 4.67. The molecular formula is C12H18N2O2S. The first kappa shape index (κ1) is 12.6. The second kappa shape index (κ2) is 5.67. The summed E-state index contributed by atoms with van der Waals surface area (Å²) < 4.78 is 5.21.